The van der Waals surface area contributed by atoms with Crippen molar-refractivity contribution in [3.63, 3.8) is 0 Å². The van der Waals surface area contributed by atoms with Crippen LogP contribution in [0.4, 0.5) is 5.69 Å². The lowest BCUT2D eigenvalue weighted by atomic mass is 10.1. The van der Waals surface area contributed by atoms with Crippen LogP contribution in [0.1, 0.15) is 48.7 Å². The maximum absolute atomic E-state index is 12.3. The number of anilines is 1. The van der Waals surface area contributed by atoms with Crippen LogP contribution in [0.15, 0.2) is 24.3 Å². The summed E-state index contributed by atoms with van der Waals surface area (Å²) in [7, 11) is 1.93. The topological polar surface area (TPSA) is 70.4 Å². The third-order valence-electron chi connectivity index (χ3n) is 5.27. The van der Waals surface area contributed by atoms with E-state index in [1.54, 1.807) is 0 Å². The predicted molar refractivity (Wildman–Crippen MR) is 106 cm³/mol. The second-order valence-electron chi connectivity index (χ2n) is 7.28. The van der Waals surface area contributed by atoms with Crippen LogP contribution in [-0.2, 0) is 37.8 Å². The zero-order valence-electron chi connectivity index (χ0n) is 16.4. The Balaban J connectivity index is 1.48. The maximum Gasteiger partial charge on any atom is 0.225 e. The Morgan fingerprint density at radius 3 is 2.78 bits per heavy atom. The van der Waals surface area contributed by atoms with E-state index in [-0.39, 0.29) is 12.5 Å². The number of carbonyl (C=O) groups excluding carboxylic acids is 1. The van der Waals surface area contributed by atoms with E-state index in [1.807, 2.05) is 23.9 Å². The summed E-state index contributed by atoms with van der Waals surface area (Å²) >= 11 is 0. The Kier molecular flexibility index (Phi) is 6.63. The first-order chi connectivity index (χ1) is 13.1. The van der Waals surface area contributed by atoms with E-state index >= 15 is 0 Å². The lowest BCUT2D eigenvalue weighted by Crippen LogP contribution is -2.33. The third-order valence-corrected chi connectivity index (χ3v) is 5.27. The van der Waals surface area contributed by atoms with Gasteiger partial charge in [0.05, 0.1) is 12.3 Å². The highest BCUT2D eigenvalue weighted by Crippen LogP contribution is 2.22. The van der Waals surface area contributed by atoms with Gasteiger partial charge in [-0.05, 0) is 30.5 Å². The number of nitrogens with one attached hydrogen (secondary N) is 1. The molecule has 0 spiro atoms. The van der Waals surface area contributed by atoms with E-state index in [0.717, 1.165) is 42.9 Å². The predicted octanol–water partition coefficient (Wildman–Crippen LogP) is 2.64. The summed E-state index contributed by atoms with van der Waals surface area (Å²) in [4.78, 5) is 14.6. The number of fused-ring (bicyclic) bond motifs is 1. The number of aromatic nitrogens is 2. The highest BCUT2D eigenvalue weighted by molar-refractivity contribution is 5.90. The molecule has 1 aromatic carbocycles. The first kappa shape index (κ1) is 19.6. The second kappa shape index (κ2) is 9.15. The highest BCUT2D eigenvalue weighted by Gasteiger charge is 2.23. The molecule has 3 rings (SSSR count). The Bertz CT molecular complexity index is 767. The van der Waals surface area contributed by atoms with Crippen molar-refractivity contribution in [1.82, 2.24) is 14.7 Å². The number of carbonyl (C=O) groups is 1. The Morgan fingerprint density at radius 1 is 1.30 bits per heavy atom. The number of unbranched alkanes of at least 4 members (excludes halogenated alkanes) is 1. The smallest absolute Gasteiger partial charge is 0.225 e. The van der Waals surface area contributed by atoms with Gasteiger partial charge in [-0.1, -0.05) is 25.5 Å². The lowest BCUT2D eigenvalue weighted by Gasteiger charge is -2.27. The van der Waals surface area contributed by atoms with Crippen molar-refractivity contribution in [2.75, 3.05) is 18.4 Å². The molecular formula is C21H30N4O2. The number of rotatable bonds is 8. The normalized spacial score (nSPS) is 14.2. The molecule has 0 radical (unpaired) electrons. The molecule has 2 aromatic rings. The van der Waals surface area contributed by atoms with Crippen molar-refractivity contribution in [1.29, 1.82) is 0 Å². The lowest BCUT2D eigenvalue weighted by molar-refractivity contribution is -0.116. The molecule has 0 aliphatic carbocycles. The molecular weight excluding hydrogens is 340 g/mol. The van der Waals surface area contributed by atoms with E-state index in [4.69, 9.17) is 0 Å². The quantitative estimate of drug-likeness (QED) is 0.749. The van der Waals surface area contributed by atoms with E-state index < -0.39 is 0 Å². The third kappa shape index (κ3) is 4.96. The fourth-order valence-corrected chi connectivity index (χ4v) is 3.66. The molecule has 6 nitrogen and oxygen atoms in total. The van der Waals surface area contributed by atoms with Crippen molar-refractivity contribution >= 4 is 11.6 Å². The number of benzene rings is 1. The summed E-state index contributed by atoms with van der Waals surface area (Å²) in [5.41, 5.74) is 5.24. The zero-order chi connectivity index (χ0) is 19.2. The molecule has 2 heterocycles. The average Bonchev–Trinajstić information content (AvgIpc) is 3.01. The van der Waals surface area contributed by atoms with Crippen molar-refractivity contribution in [3.05, 3.63) is 46.8 Å². The van der Waals surface area contributed by atoms with Crippen LogP contribution in [0.3, 0.4) is 0 Å². The number of hydrogen-bond acceptors (Lipinski definition) is 4. The molecule has 1 aliphatic rings. The Hall–Kier alpha value is -2.18. The minimum absolute atomic E-state index is 0.0360. The van der Waals surface area contributed by atoms with Gasteiger partial charge in [0, 0.05) is 56.5 Å². The minimum Gasteiger partial charge on any atom is -0.390 e. The Morgan fingerprint density at radius 2 is 2.07 bits per heavy atom. The standard InChI is InChI=1S/C21H30N4O2/c1-3-4-5-16-6-8-17(9-7-16)22-21(27)11-13-25-12-10-20-18(14-25)19(15-26)23-24(20)2/h6-9,26H,3-5,10-15H2,1-2H3,(H,22,27). The molecule has 1 amide bonds. The first-order valence-corrected chi connectivity index (χ1v) is 9.86. The SMILES string of the molecule is CCCCc1ccc(NC(=O)CCN2CCc3c(c(CO)nn3C)C2)cc1. The molecule has 0 atom stereocenters. The average molecular weight is 370 g/mol. The summed E-state index contributed by atoms with van der Waals surface area (Å²) in [5, 5.41) is 16.9. The van der Waals surface area contributed by atoms with Gasteiger partial charge in [0.1, 0.15) is 0 Å². The molecule has 27 heavy (non-hydrogen) atoms. The van der Waals surface area contributed by atoms with Gasteiger partial charge in [-0.3, -0.25) is 14.4 Å². The molecule has 0 bridgehead atoms. The van der Waals surface area contributed by atoms with Crippen molar-refractivity contribution in [2.24, 2.45) is 7.05 Å². The van der Waals surface area contributed by atoms with Crippen LogP contribution in [0.25, 0.3) is 0 Å². The summed E-state index contributed by atoms with van der Waals surface area (Å²) in [6.45, 7) is 4.53. The minimum atomic E-state index is -0.0360. The van der Waals surface area contributed by atoms with Gasteiger partial charge in [0.25, 0.3) is 0 Å². The van der Waals surface area contributed by atoms with Crippen molar-refractivity contribution < 1.29 is 9.90 Å². The van der Waals surface area contributed by atoms with Crippen LogP contribution in [0.5, 0.6) is 0 Å². The van der Waals surface area contributed by atoms with Crippen LogP contribution in [-0.4, -0.2) is 38.8 Å². The Labute approximate surface area is 161 Å². The summed E-state index contributed by atoms with van der Waals surface area (Å²) in [6, 6.07) is 8.16. The molecule has 2 N–H and O–H groups in total. The summed E-state index contributed by atoms with van der Waals surface area (Å²) in [5.74, 6) is 0.0377. The molecule has 6 heteroatoms. The monoisotopic (exact) mass is 370 g/mol. The molecule has 0 unspecified atom stereocenters. The zero-order valence-corrected chi connectivity index (χ0v) is 16.4. The molecule has 1 aromatic heterocycles. The number of aryl methyl sites for hydroxylation is 2. The second-order valence-corrected chi connectivity index (χ2v) is 7.28. The number of amides is 1. The largest absolute Gasteiger partial charge is 0.390 e. The fraction of sp³-hybridized carbons (Fsp3) is 0.524. The van der Waals surface area contributed by atoms with Crippen LogP contribution in [0.2, 0.25) is 0 Å². The number of hydrogen-bond donors (Lipinski definition) is 2. The van der Waals surface area contributed by atoms with E-state index in [9.17, 15) is 9.90 Å². The highest BCUT2D eigenvalue weighted by atomic mass is 16.3. The van der Waals surface area contributed by atoms with Gasteiger partial charge in [-0.15, -0.1) is 0 Å². The maximum atomic E-state index is 12.3. The fourth-order valence-electron chi connectivity index (χ4n) is 3.66. The van der Waals surface area contributed by atoms with Gasteiger partial charge in [0.15, 0.2) is 0 Å². The first-order valence-electron chi connectivity index (χ1n) is 9.86. The van der Waals surface area contributed by atoms with Crippen molar-refractivity contribution in [3.8, 4) is 0 Å². The molecule has 0 saturated heterocycles. The van der Waals surface area contributed by atoms with E-state index in [1.165, 1.54) is 24.1 Å². The summed E-state index contributed by atoms with van der Waals surface area (Å²) < 4.78 is 1.87. The van der Waals surface area contributed by atoms with Crippen LogP contribution in [0, 0.1) is 0 Å². The van der Waals surface area contributed by atoms with E-state index in [2.05, 4.69) is 34.4 Å². The molecule has 1 aliphatic heterocycles. The summed E-state index contributed by atoms with van der Waals surface area (Å²) in [6.07, 6.45) is 4.83. The molecule has 0 saturated carbocycles. The van der Waals surface area contributed by atoms with Gasteiger partial charge in [0.2, 0.25) is 5.91 Å². The van der Waals surface area contributed by atoms with Crippen LogP contribution < -0.4 is 5.32 Å². The van der Waals surface area contributed by atoms with Crippen molar-refractivity contribution in [2.45, 2.75) is 52.2 Å². The van der Waals surface area contributed by atoms with Gasteiger partial charge in [-0.2, -0.15) is 5.10 Å². The van der Waals surface area contributed by atoms with Gasteiger partial charge >= 0.3 is 0 Å². The van der Waals surface area contributed by atoms with E-state index in [0.29, 0.717) is 13.0 Å². The van der Waals surface area contributed by atoms with Crippen LogP contribution >= 0.6 is 0 Å². The molecule has 146 valence electrons. The van der Waals surface area contributed by atoms with Gasteiger partial charge < -0.3 is 10.4 Å². The van der Waals surface area contributed by atoms with Gasteiger partial charge in [-0.25, -0.2) is 0 Å². The number of nitrogens with zero attached hydrogens (tertiary/aromatic N) is 3. The molecule has 0 fully saturated rings. The number of aliphatic hydroxyl groups is 1. The number of aliphatic hydroxyl groups excluding tert-OH is 1.